The molecule has 3 aliphatic rings. The highest BCUT2D eigenvalue weighted by Gasteiger charge is 2.53. The van der Waals surface area contributed by atoms with Crippen LogP contribution >= 0.6 is 25.8 Å². The molecule has 8 N–H and O–H groups in total. The van der Waals surface area contributed by atoms with Crippen molar-refractivity contribution in [1.82, 2.24) is 39.0 Å². The van der Waals surface area contributed by atoms with Crippen molar-refractivity contribution in [3.05, 3.63) is 29.3 Å². The minimum atomic E-state index is -4.32. The first-order valence-electron chi connectivity index (χ1n) is 13.0. The van der Waals surface area contributed by atoms with Gasteiger partial charge < -0.3 is 40.6 Å². The van der Waals surface area contributed by atoms with Crippen LogP contribution in [0, 0.1) is 0 Å². The number of anilines is 2. The van der Waals surface area contributed by atoms with E-state index in [0.29, 0.717) is 0 Å². The van der Waals surface area contributed by atoms with Crippen LogP contribution in [0.2, 0.25) is 0 Å². The minimum Gasteiger partial charge on any atom is -0.387 e. The van der Waals surface area contributed by atoms with Crippen LogP contribution in [-0.4, -0.2) is 104 Å². The predicted octanol–water partition coefficient (Wildman–Crippen LogP) is -1.29. The third-order valence-electron chi connectivity index (χ3n) is 7.32. The van der Waals surface area contributed by atoms with Crippen LogP contribution in [0.1, 0.15) is 12.5 Å². The SMILES string of the molecule is Nc1nc2c(ncn2[C@@H]2O[C@@H]3COP(=O)(S)O[C@H]4[C@@H](O)[C@H](n5cnc6c(N)ncnc65)O[C@@H]4COP(O)(=S)O[C@@H]2[C@@H]3O)c(=O)[nH]1. The molecule has 3 saturated heterocycles. The lowest BCUT2D eigenvalue weighted by Crippen LogP contribution is -2.36. The van der Waals surface area contributed by atoms with E-state index in [1.807, 2.05) is 0 Å². The Balaban J connectivity index is 1.21. The highest BCUT2D eigenvalue weighted by molar-refractivity contribution is 8.44. The maximum atomic E-state index is 13.4. The molecule has 21 nitrogen and oxygen atoms in total. The Hall–Kier alpha value is -2.63. The zero-order chi connectivity index (χ0) is 31.8. The molecule has 7 heterocycles. The lowest BCUT2D eigenvalue weighted by Gasteiger charge is -2.27. The summed E-state index contributed by atoms with van der Waals surface area (Å²) in [5, 5.41) is 22.4. The number of hydrogen-bond acceptors (Lipinski definition) is 18. The Labute approximate surface area is 260 Å². The summed E-state index contributed by atoms with van der Waals surface area (Å²) >= 11 is 9.30. The third kappa shape index (κ3) is 5.56. The molecule has 3 fully saturated rings. The molecule has 2 bridgehead atoms. The van der Waals surface area contributed by atoms with Crippen LogP contribution in [0.25, 0.3) is 22.3 Å². The van der Waals surface area contributed by atoms with Gasteiger partial charge in [-0.25, -0.2) is 24.5 Å². The van der Waals surface area contributed by atoms with E-state index in [4.69, 9.17) is 50.8 Å². The summed E-state index contributed by atoms with van der Waals surface area (Å²) in [6, 6.07) is 0. The number of rotatable bonds is 2. The van der Waals surface area contributed by atoms with Gasteiger partial charge in [-0.2, -0.15) is 4.98 Å². The molecule has 0 amide bonds. The van der Waals surface area contributed by atoms with Gasteiger partial charge in [-0.05, 0) is 11.8 Å². The van der Waals surface area contributed by atoms with Crippen molar-refractivity contribution in [1.29, 1.82) is 0 Å². The smallest absolute Gasteiger partial charge is 0.386 e. The van der Waals surface area contributed by atoms with E-state index in [9.17, 15) is 24.5 Å². The average molecular weight is 707 g/mol. The molecule has 0 aliphatic carbocycles. The minimum absolute atomic E-state index is 0.0265. The molecular formula is C20H24N10O11P2S2. The van der Waals surface area contributed by atoms with Crippen LogP contribution in [0.4, 0.5) is 11.8 Å². The summed E-state index contributed by atoms with van der Waals surface area (Å²) in [5.41, 5.74) is 11.3. The van der Waals surface area contributed by atoms with E-state index in [1.54, 1.807) is 0 Å². The van der Waals surface area contributed by atoms with Crippen molar-refractivity contribution < 1.29 is 47.2 Å². The molecule has 10 atom stereocenters. The molecule has 0 aromatic carbocycles. The second kappa shape index (κ2) is 11.3. The molecule has 0 saturated carbocycles. The van der Waals surface area contributed by atoms with Gasteiger partial charge in [0.05, 0.1) is 25.9 Å². The molecule has 0 radical (unpaired) electrons. The molecule has 242 valence electrons. The molecule has 3 aliphatic heterocycles. The van der Waals surface area contributed by atoms with Gasteiger partial charge in [-0.1, -0.05) is 12.2 Å². The van der Waals surface area contributed by atoms with Crippen LogP contribution in [-0.2, 0) is 43.9 Å². The standard InChI is InChI=1S/C20H24N10O11P2S2/c21-14-8-15(24-3-23-14)29(4-25-8)18-11(32)12-7(39-18)2-37-43(35,45)41-13-10(31)6(1-36-42(34,44)40-12)38-19(13)30-5-26-9-16(30)27-20(22)28-17(9)33/h3-7,10-13,18-19,31-32H,1-2H2,(H,34,44)(H,35,45)(H2,21,23,24)(H3,22,27,28,33)/t6-,7-,10-,11-,12-,13-,18-,19-,42?,43?/m1/s1. The number of ether oxygens (including phenoxy) is 2. The van der Waals surface area contributed by atoms with Crippen molar-refractivity contribution in [2.45, 2.75) is 49.1 Å². The van der Waals surface area contributed by atoms with Gasteiger partial charge in [0.15, 0.2) is 35.1 Å². The highest BCUT2D eigenvalue weighted by Crippen LogP contribution is 2.58. The predicted molar refractivity (Wildman–Crippen MR) is 157 cm³/mol. The number of imidazole rings is 2. The number of aromatic nitrogens is 8. The van der Waals surface area contributed by atoms with Gasteiger partial charge in [-0.15, -0.1) is 0 Å². The first-order valence-corrected chi connectivity index (χ1v) is 18.2. The van der Waals surface area contributed by atoms with E-state index < -0.39 is 81.4 Å². The van der Waals surface area contributed by atoms with Crippen molar-refractivity contribution in [3.63, 3.8) is 0 Å². The zero-order valence-corrected chi connectivity index (χ0v) is 25.9. The topological polar surface area (TPSA) is 292 Å². The van der Waals surface area contributed by atoms with Gasteiger partial charge in [0.2, 0.25) is 5.95 Å². The highest BCUT2D eigenvalue weighted by atomic mass is 32.7. The monoisotopic (exact) mass is 706 g/mol. The number of thiol groups is 1. The van der Waals surface area contributed by atoms with Gasteiger partial charge >= 0.3 is 13.5 Å². The zero-order valence-electron chi connectivity index (χ0n) is 22.4. The van der Waals surface area contributed by atoms with Gasteiger partial charge in [0, 0.05) is 0 Å². The normalized spacial score (nSPS) is 37.7. The summed E-state index contributed by atoms with van der Waals surface area (Å²) in [4.78, 5) is 46.0. The fourth-order valence-corrected chi connectivity index (χ4v) is 8.20. The number of nitrogen functional groups attached to an aromatic ring is 2. The van der Waals surface area contributed by atoms with E-state index in [-0.39, 0.29) is 34.1 Å². The van der Waals surface area contributed by atoms with Crippen LogP contribution in [0.3, 0.4) is 0 Å². The number of aliphatic hydroxyl groups excluding tert-OH is 2. The van der Waals surface area contributed by atoms with E-state index >= 15 is 0 Å². The number of hydrogen-bond donors (Lipinski definition) is 7. The maximum absolute atomic E-state index is 13.4. The number of H-pyrrole nitrogens is 1. The number of fused-ring (bicyclic) bond motifs is 5. The third-order valence-corrected chi connectivity index (χ3v) is 10.5. The van der Waals surface area contributed by atoms with E-state index in [0.717, 1.165) is 0 Å². The summed E-state index contributed by atoms with van der Waals surface area (Å²) < 4.78 is 50.4. The molecule has 4 aromatic heterocycles. The van der Waals surface area contributed by atoms with Gasteiger partial charge in [0.25, 0.3) is 5.56 Å². The molecule has 2 unspecified atom stereocenters. The molecular weight excluding hydrogens is 682 g/mol. The van der Waals surface area contributed by atoms with E-state index in [1.165, 1.54) is 28.1 Å². The van der Waals surface area contributed by atoms with Crippen LogP contribution < -0.4 is 17.0 Å². The van der Waals surface area contributed by atoms with E-state index in [2.05, 4.69) is 42.2 Å². The fourth-order valence-electron chi connectivity index (χ4n) is 5.30. The first-order chi connectivity index (χ1) is 21.3. The summed E-state index contributed by atoms with van der Waals surface area (Å²) in [6.07, 6.45) is -7.26. The Morgan fingerprint density at radius 1 is 0.933 bits per heavy atom. The van der Waals surface area contributed by atoms with Crippen molar-refractivity contribution >= 4 is 71.7 Å². The number of nitrogens with one attached hydrogen (secondary N) is 1. The van der Waals surface area contributed by atoms with Crippen LogP contribution in [0.5, 0.6) is 0 Å². The summed E-state index contributed by atoms with van der Waals surface area (Å²) in [6.45, 7) is -9.68. The Morgan fingerprint density at radius 3 is 2.40 bits per heavy atom. The molecule has 25 heteroatoms. The van der Waals surface area contributed by atoms with Crippen molar-refractivity contribution in [3.8, 4) is 0 Å². The molecule has 7 rings (SSSR count). The quantitative estimate of drug-likeness (QED) is 0.0942. The molecule has 45 heavy (non-hydrogen) atoms. The summed E-state index contributed by atoms with van der Waals surface area (Å²) in [5.74, 6) is -0.130. The second-order valence-electron chi connectivity index (χ2n) is 10.1. The number of aromatic amines is 1. The number of nitrogens with zero attached hydrogens (tertiary/aromatic N) is 7. The Bertz CT molecular complexity index is 1940. The van der Waals surface area contributed by atoms with Crippen molar-refractivity contribution in [2.75, 3.05) is 24.7 Å². The maximum Gasteiger partial charge on any atom is 0.386 e. The number of aliphatic hydroxyl groups is 2. The lowest BCUT2D eigenvalue weighted by atomic mass is 10.1. The van der Waals surface area contributed by atoms with Crippen LogP contribution in [0.15, 0.2) is 23.8 Å². The van der Waals surface area contributed by atoms with Crippen molar-refractivity contribution in [2.24, 2.45) is 0 Å². The van der Waals surface area contributed by atoms with Gasteiger partial charge in [-0.3, -0.25) is 32.5 Å². The fraction of sp³-hybridized carbons (Fsp3) is 0.500. The average Bonchev–Trinajstić information content (AvgIpc) is 3.72. The number of nitrogens with two attached hydrogens (primary N) is 2. The first kappa shape index (κ1) is 31.0. The molecule has 4 aromatic rings. The summed E-state index contributed by atoms with van der Waals surface area (Å²) in [7, 11) is 0. The second-order valence-corrected chi connectivity index (χ2v) is 15.8. The lowest BCUT2D eigenvalue weighted by molar-refractivity contribution is -0.0594. The molecule has 0 spiro atoms. The largest absolute Gasteiger partial charge is 0.387 e. The Kier molecular flexibility index (Phi) is 7.76. The Morgan fingerprint density at radius 2 is 1.62 bits per heavy atom. The van der Waals surface area contributed by atoms with Gasteiger partial charge in [0.1, 0.15) is 48.5 Å².